The Bertz CT molecular complexity index is 885. The molecule has 0 unspecified atom stereocenters. The van der Waals surface area contributed by atoms with E-state index >= 15 is 0 Å². The maximum atomic E-state index is 11.9. The van der Waals surface area contributed by atoms with Crippen LogP contribution in [0.2, 0.25) is 0 Å². The smallest absolute Gasteiger partial charge is 0.338 e. The first-order valence-electron chi connectivity index (χ1n) is 8.76. The quantitative estimate of drug-likeness (QED) is 0.597. The van der Waals surface area contributed by atoms with E-state index < -0.39 is 0 Å². The number of carbonyl (C=O) groups excluding carboxylic acids is 2. The van der Waals surface area contributed by atoms with Crippen LogP contribution in [0.3, 0.4) is 0 Å². The van der Waals surface area contributed by atoms with Crippen LogP contribution in [-0.4, -0.2) is 41.6 Å². The summed E-state index contributed by atoms with van der Waals surface area (Å²) in [5.41, 5.74) is 2.33. The molecule has 2 aromatic carbocycles. The van der Waals surface area contributed by atoms with Crippen LogP contribution in [-0.2, 0) is 16.0 Å². The van der Waals surface area contributed by atoms with Gasteiger partial charge < -0.3 is 19.8 Å². The molecule has 7 heteroatoms. The lowest BCUT2D eigenvalue weighted by atomic mass is 10.2. The van der Waals surface area contributed by atoms with Crippen molar-refractivity contribution in [2.75, 3.05) is 19.8 Å². The van der Waals surface area contributed by atoms with Crippen LogP contribution in [0.5, 0.6) is 5.75 Å². The topological polar surface area (TPSA) is 93.3 Å². The molecule has 0 aliphatic rings. The fourth-order valence-corrected chi connectivity index (χ4v) is 2.55. The largest absolute Gasteiger partial charge is 0.484 e. The second-order valence-electron chi connectivity index (χ2n) is 5.83. The van der Waals surface area contributed by atoms with E-state index in [2.05, 4.69) is 15.3 Å². The van der Waals surface area contributed by atoms with Crippen LogP contribution >= 0.6 is 0 Å². The Morgan fingerprint density at radius 2 is 1.89 bits per heavy atom. The minimum absolute atomic E-state index is 0.0983. The molecule has 7 nitrogen and oxygen atoms in total. The standard InChI is InChI=1S/C20H21N3O4/c1-2-26-20(25)14-7-9-15(10-8-14)27-13-19(24)21-12-11-18-22-16-5-3-4-6-17(16)23-18/h3-10H,2,11-13H2,1H3,(H,21,24)(H,22,23). The monoisotopic (exact) mass is 367 g/mol. The molecule has 0 radical (unpaired) electrons. The zero-order chi connectivity index (χ0) is 19.1. The normalized spacial score (nSPS) is 10.6. The molecule has 0 aliphatic heterocycles. The average Bonchev–Trinajstić information content (AvgIpc) is 3.10. The summed E-state index contributed by atoms with van der Waals surface area (Å²) >= 11 is 0. The van der Waals surface area contributed by atoms with Gasteiger partial charge in [-0.15, -0.1) is 0 Å². The maximum absolute atomic E-state index is 11.9. The van der Waals surface area contributed by atoms with Gasteiger partial charge in [0.05, 0.1) is 23.2 Å². The van der Waals surface area contributed by atoms with Crippen molar-refractivity contribution in [3.63, 3.8) is 0 Å². The maximum Gasteiger partial charge on any atom is 0.338 e. The molecule has 1 aromatic heterocycles. The number of rotatable bonds is 8. The Morgan fingerprint density at radius 1 is 1.11 bits per heavy atom. The number of nitrogens with zero attached hydrogens (tertiary/aromatic N) is 1. The number of para-hydroxylation sites is 2. The van der Waals surface area contributed by atoms with Gasteiger partial charge in [-0.1, -0.05) is 12.1 Å². The van der Waals surface area contributed by atoms with Gasteiger partial charge >= 0.3 is 5.97 Å². The number of amides is 1. The summed E-state index contributed by atoms with van der Waals surface area (Å²) in [4.78, 5) is 31.2. The third kappa shape index (κ3) is 5.07. The highest BCUT2D eigenvalue weighted by molar-refractivity contribution is 5.89. The number of aromatic amines is 1. The zero-order valence-electron chi connectivity index (χ0n) is 15.0. The molecule has 3 aromatic rings. The number of fused-ring (bicyclic) bond motifs is 1. The van der Waals surface area contributed by atoms with E-state index in [-0.39, 0.29) is 18.5 Å². The molecule has 0 aliphatic carbocycles. The van der Waals surface area contributed by atoms with Crippen molar-refractivity contribution in [2.45, 2.75) is 13.3 Å². The van der Waals surface area contributed by atoms with Crippen LogP contribution in [0.1, 0.15) is 23.1 Å². The number of H-pyrrole nitrogens is 1. The summed E-state index contributed by atoms with van der Waals surface area (Å²) in [6.45, 7) is 2.44. The fourth-order valence-electron chi connectivity index (χ4n) is 2.55. The van der Waals surface area contributed by atoms with Crippen molar-refractivity contribution in [2.24, 2.45) is 0 Å². The molecule has 2 N–H and O–H groups in total. The third-order valence-corrected chi connectivity index (χ3v) is 3.86. The Morgan fingerprint density at radius 3 is 2.63 bits per heavy atom. The second-order valence-corrected chi connectivity index (χ2v) is 5.83. The molecular formula is C20H21N3O4. The van der Waals surface area contributed by atoms with Gasteiger partial charge in [-0.3, -0.25) is 4.79 Å². The van der Waals surface area contributed by atoms with Crippen molar-refractivity contribution >= 4 is 22.9 Å². The van der Waals surface area contributed by atoms with Crippen LogP contribution in [0, 0.1) is 0 Å². The molecule has 0 saturated carbocycles. The molecule has 0 saturated heterocycles. The highest BCUT2D eigenvalue weighted by atomic mass is 16.5. The van der Waals surface area contributed by atoms with Gasteiger partial charge in [0.15, 0.2) is 6.61 Å². The summed E-state index contributed by atoms with van der Waals surface area (Å²) < 4.78 is 10.3. The number of hydrogen-bond donors (Lipinski definition) is 2. The van der Waals surface area contributed by atoms with E-state index in [1.165, 1.54) is 0 Å². The predicted octanol–water partition coefficient (Wildman–Crippen LogP) is 2.48. The summed E-state index contributed by atoms with van der Waals surface area (Å²) in [6.07, 6.45) is 0.606. The molecule has 140 valence electrons. The third-order valence-electron chi connectivity index (χ3n) is 3.86. The molecule has 0 bridgehead atoms. The van der Waals surface area contributed by atoms with Gasteiger partial charge in [0.1, 0.15) is 11.6 Å². The first-order valence-corrected chi connectivity index (χ1v) is 8.76. The number of benzene rings is 2. The first kappa shape index (κ1) is 18.4. The van der Waals surface area contributed by atoms with Crippen molar-refractivity contribution < 1.29 is 19.1 Å². The van der Waals surface area contributed by atoms with Gasteiger partial charge in [0.25, 0.3) is 5.91 Å². The van der Waals surface area contributed by atoms with Gasteiger partial charge in [-0.05, 0) is 43.3 Å². The van der Waals surface area contributed by atoms with Gasteiger partial charge in [0.2, 0.25) is 0 Å². The number of ether oxygens (including phenoxy) is 2. The lowest BCUT2D eigenvalue weighted by Crippen LogP contribution is -2.30. The van der Waals surface area contributed by atoms with Crippen molar-refractivity contribution in [3.05, 3.63) is 59.9 Å². The van der Waals surface area contributed by atoms with Crippen LogP contribution in [0.4, 0.5) is 0 Å². The molecule has 1 amide bonds. The number of hydrogen-bond acceptors (Lipinski definition) is 5. The van der Waals surface area contributed by atoms with E-state index in [0.717, 1.165) is 16.9 Å². The SMILES string of the molecule is CCOC(=O)c1ccc(OCC(=O)NCCc2nc3ccccc3[nH]2)cc1. The minimum Gasteiger partial charge on any atom is -0.484 e. The van der Waals surface area contributed by atoms with Crippen molar-refractivity contribution in [1.82, 2.24) is 15.3 Å². The lowest BCUT2D eigenvalue weighted by molar-refractivity contribution is -0.123. The molecule has 3 rings (SSSR count). The van der Waals surface area contributed by atoms with Gasteiger partial charge in [-0.2, -0.15) is 0 Å². The summed E-state index contributed by atoms with van der Waals surface area (Å²) in [5, 5.41) is 2.79. The number of nitrogens with one attached hydrogen (secondary N) is 2. The molecule has 27 heavy (non-hydrogen) atoms. The van der Waals surface area contributed by atoms with E-state index in [0.29, 0.717) is 30.9 Å². The Labute approximate surface area is 156 Å². The number of imidazole rings is 1. The molecular weight excluding hydrogens is 346 g/mol. The molecule has 0 spiro atoms. The minimum atomic E-state index is -0.382. The van der Waals surface area contributed by atoms with E-state index in [4.69, 9.17) is 9.47 Å². The second kappa shape index (κ2) is 8.84. The molecule has 0 atom stereocenters. The fraction of sp³-hybridized carbons (Fsp3) is 0.250. The summed E-state index contributed by atoms with van der Waals surface area (Å²) in [6, 6.07) is 14.3. The Kier molecular flexibility index (Phi) is 6.04. The highest BCUT2D eigenvalue weighted by Gasteiger charge is 2.08. The first-order chi connectivity index (χ1) is 13.2. The van der Waals surface area contributed by atoms with Crippen LogP contribution < -0.4 is 10.1 Å². The molecule has 1 heterocycles. The van der Waals surface area contributed by atoms with Crippen molar-refractivity contribution in [3.8, 4) is 5.75 Å². The highest BCUT2D eigenvalue weighted by Crippen LogP contribution is 2.13. The Hall–Kier alpha value is -3.35. The van der Waals surface area contributed by atoms with E-state index in [9.17, 15) is 9.59 Å². The number of esters is 1. The Balaban J connectivity index is 1.41. The summed E-state index contributed by atoms with van der Waals surface area (Å²) in [5.74, 6) is 0.732. The average molecular weight is 367 g/mol. The van der Waals surface area contributed by atoms with Gasteiger partial charge in [-0.25, -0.2) is 9.78 Å². The zero-order valence-corrected chi connectivity index (χ0v) is 15.0. The van der Waals surface area contributed by atoms with E-state index in [1.807, 2.05) is 24.3 Å². The lowest BCUT2D eigenvalue weighted by Gasteiger charge is -2.08. The van der Waals surface area contributed by atoms with E-state index in [1.54, 1.807) is 31.2 Å². The number of aromatic nitrogens is 2. The van der Waals surface area contributed by atoms with Crippen molar-refractivity contribution in [1.29, 1.82) is 0 Å². The molecule has 0 fully saturated rings. The predicted molar refractivity (Wildman–Crippen MR) is 101 cm³/mol. The van der Waals surface area contributed by atoms with Crippen LogP contribution in [0.25, 0.3) is 11.0 Å². The summed E-state index contributed by atoms with van der Waals surface area (Å²) in [7, 11) is 0. The van der Waals surface area contributed by atoms with Crippen LogP contribution in [0.15, 0.2) is 48.5 Å². The number of carbonyl (C=O) groups is 2. The van der Waals surface area contributed by atoms with Gasteiger partial charge in [0, 0.05) is 13.0 Å².